The molecular formula is C27H21F2N5O3. The molecule has 1 aliphatic rings. The van der Waals surface area contributed by atoms with Gasteiger partial charge in [0.25, 0.3) is 0 Å². The molecule has 10 heteroatoms. The Hall–Kier alpha value is -4.60. The van der Waals surface area contributed by atoms with E-state index in [0.29, 0.717) is 35.5 Å². The summed E-state index contributed by atoms with van der Waals surface area (Å²) >= 11 is 0. The lowest BCUT2D eigenvalue weighted by Crippen LogP contribution is -2.26. The molecule has 0 atom stereocenters. The average molecular weight is 501 g/mol. The molecule has 1 aliphatic heterocycles. The molecule has 0 fully saturated rings. The molecule has 0 unspecified atom stereocenters. The highest BCUT2D eigenvalue weighted by Gasteiger charge is 2.25. The minimum absolute atomic E-state index is 0.104. The molecule has 0 spiro atoms. The predicted molar refractivity (Wildman–Crippen MR) is 135 cm³/mol. The number of benzene rings is 3. The maximum absolute atomic E-state index is 12.8. The quantitative estimate of drug-likeness (QED) is 0.311. The number of H-pyrrole nitrogens is 1. The summed E-state index contributed by atoms with van der Waals surface area (Å²) in [4.78, 5) is 23.4. The van der Waals surface area contributed by atoms with E-state index in [1.807, 2.05) is 30.0 Å². The van der Waals surface area contributed by atoms with E-state index in [9.17, 15) is 18.7 Å². The van der Waals surface area contributed by atoms with Crippen LogP contribution < -0.4 is 9.64 Å². The molecule has 0 saturated carbocycles. The van der Waals surface area contributed by atoms with Crippen molar-refractivity contribution < 1.29 is 23.4 Å². The van der Waals surface area contributed by atoms with Crippen molar-refractivity contribution in [1.82, 2.24) is 20.2 Å². The number of aryl methyl sites for hydroxylation is 2. The number of carboxylic acid groups (broad SMARTS) is 1. The summed E-state index contributed by atoms with van der Waals surface area (Å²) in [6.07, 6.45) is 1.46. The third kappa shape index (κ3) is 4.10. The van der Waals surface area contributed by atoms with E-state index in [4.69, 9.17) is 9.97 Å². The van der Waals surface area contributed by atoms with Gasteiger partial charge in [-0.1, -0.05) is 6.07 Å². The van der Waals surface area contributed by atoms with E-state index in [0.717, 1.165) is 39.8 Å². The van der Waals surface area contributed by atoms with E-state index < -0.39 is 12.6 Å². The lowest BCUT2D eigenvalue weighted by molar-refractivity contribution is -0.0498. The highest BCUT2D eigenvalue weighted by Crippen LogP contribution is 2.40. The Bertz CT molecular complexity index is 1680. The second kappa shape index (κ2) is 8.81. The van der Waals surface area contributed by atoms with Gasteiger partial charge >= 0.3 is 12.6 Å². The first kappa shape index (κ1) is 22.8. The van der Waals surface area contributed by atoms with Gasteiger partial charge in [-0.3, -0.25) is 5.10 Å². The minimum Gasteiger partial charge on any atom is -0.478 e. The number of anilines is 2. The van der Waals surface area contributed by atoms with Crippen molar-refractivity contribution >= 4 is 39.4 Å². The molecule has 2 N–H and O–H groups in total. The average Bonchev–Trinajstić information content (AvgIpc) is 3.26. The zero-order valence-electron chi connectivity index (χ0n) is 19.7. The van der Waals surface area contributed by atoms with Crippen molar-refractivity contribution in [2.45, 2.75) is 26.4 Å². The molecule has 0 aliphatic carbocycles. The SMILES string of the molecule is Cc1n[nH]c2ccc(-c3nc4ccc(C(=O)O)cc4nc3N3CCCc4cc(OC(F)F)ccc43)cc12. The van der Waals surface area contributed by atoms with Crippen LogP contribution in [0, 0.1) is 6.92 Å². The van der Waals surface area contributed by atoms with Gasteiger partial charge in [0.2, 0.25) is 0 Å². The number of carboxylic acids is 1. The van der Waals surface area contributed by atoms with Crippen LogP contribution in [-0.4, -0.2) is 44.4 Å². The Balaban J connectivity index is 1.56. The summed E-state index contributed by atoms with van der Waals surface area (Å²) in [6, 6.07) is 15.4. The first-order valence-corrected chi connectivity index (χ1v) is 11.7. The smallest absolute Gasteiger partial charge is 0.387 e. The largest absolute Gasteiger partial charge is 0.478 e. The molecule has 2 aromatic heterocycles. The zero-order chi connectivity index (χ0) is 25.7. The van der Waals surface area contributed by atoms with Gasteiger partial charge in [-0.25, -0.2) is 14.8 Å². The number of hydrogen-bond donors (Lipinski definition) is 2. The number of hydrogen-bond acceptors (Lipinski definition) is 6. The summed E-state index contributed by atoms with van der Waals surface area (Å²) < 4.78 is 30.2. The number of ether oxygens (including phenoxy) is 1. The Morgan fingerprint density at radius 1 is 1.08 bits per heavy atom. The summed E-state index contributed by atoms with van der Waals surface area (Å²) in [5.41, 5.74) is 6.01. The lowest BCUT2D eigenvalue weighted by atomic mass is 10.00. The number of nitrogens with zero attached hydrogens (tertiary/aromatic N) is 4. The van der Waals surface area contributed by atoms with Crippen LogP contribution >= 0.6 is 0 Å². The molecule has 5 aromatic rings. The number of aromatic amines is 1. The highest BCUT2D eigenvalue weighted by atomic mass is 19.3. The van der Waals surface area contributed by atoms with Crippen molar-refractivity contribution in [3.05, 3.63) is 71.4 Å². The topological polar surface area (TPSA) is 104 Å². The molecule has 0 saturated heterocycles. The Kier molecular flexibility index (Phi) is 5.44. The molecule has 6 rings (SSSR count). The fraction of sp³-hybridized carbons (Fsp3) is 0.185. The van der Waals surface area contributed by atoms with E-state index in [-0.39, 0.29) is 11.3 Å². The Morgan fingerprint density at radius 2 is 1.95 bits per heavy atom. The number of aromatic carboxylic acids is 1. The summed E-state index contributed by atoms with van der Waals surface area (Å²) in [5.74, 6) is -0.392. The van der Waals surface area contributed by atoms with Crippen LogP contribution in [0.5, 0.6) is 5.75 Å². The van der Waals surface area contributed by atoms with Gasteiger partial charge in [0, 0.05) is 23.2 Å². The Morgan fingerprint density at radius 3 is 2.76 bits per heavy atom. The van der Waals surface area contributed by atoms with Crippen molar-refractivity contribution in [3.63, 3.8) is 0 Å². The number of carbonyl (C=O) groups is 1. The van der Waals surface area contributed by atoms with E-state index in [1.54, 1.807) is 18.2 Å². The van der Waals surface area contributed by atoms with Crippen LogP contribution in [-0.2, 0) is 6.42 Å². The first-order chi connectivity index (χ1) is 17.9. The van der Waals surface area contributed by atoms with Crippen LogP contribution in [0.2, 0.25) is 0 Å². The Labute approximate surface area is 209 Å². The van der Waals surface area contributed by atoms with Gasteiger partial charge in [-0.15, -0.1) is 0 Å². The van der Waals surface area contributed by atoms with Crippen molar-refractivity contribution in [2.24, 2.45) is 0 Å². The molecule has 186 valence electrons. The zero-order valence-corrected chi connectivity index (χ0v) is 19.7. The normalized spacial score (nSPS) is 13.4. The van der Waals surface area contributed by atoms with Gasteiger partial charge in [0.15, 0.2) is 5.82 Å². The predicted octanol–water partition coefficient (Wildman–Crippen LogP) is 5.87. The maximum atomic E-state index is 12.8. The van der Waals surface area contributed by atoms with Crippen LogP contribution in [0.4, 0.5) is 20.3 Å². The molecule has 0 bridgehead atoms. The van der Waals surface area contributed by atoms with Gasteiger partial charge < -0.3 is 14.7 Å². The molecule has 3 heterocycles. The standard InChI is InChI=1S/C27H21F2N5O3/c1-14-19-12-16(4-7-20(19)33-32-14)24-25(31-22-13-17(26(35)36)5-8-21(22)30-24)34-10-2-3-15-11-18(37-27(28)29)6-9-23(15)34/h4-9,11-13,27H,2-3,10H2,1H3,(H,32,33)(H,35,36). The molecule has 8 nitrogen and oxygen atoms in total. The molecule has 0 radical (unpaired) electrons. The number of alkyl halides is 2. The summed E-state index contributed by atoms with van der Waals surface area (Å²) in [6.45, 7) is -0.357. The van der Waals surface area contributed by atoms with E-state index in [1.165, 1.54) is 18.2 Å². The van der Waals surface area contributed by atoms with Gasteiger partial charge in [-0.2, -0.15) is 13.9 Å². The fourth-order valence-corrected chi connectivity index (χ4v) is 4.82. The van der Waals surface area contributed by atoms with Gasteiger partial charge in [-0.05, 0) is 73.9 Å². The number of fused-ring (bicyclic) bond motifs is 3. The first-order valence-electron chi connectivity index (χ1n) is 11.7. The van der Waals surface area contributed by atoms with Crippen molar-refractivity contribution in [1.29, 1.82) is 0 Å². The minimum atomic E-state index is -2.90. The van der Waals surface area contributed by atoms with Crippen molar-refractivity contribution in [3.8, 4) is 17.0 Å². The molecular weight excluding hydrogens is 480 g/mol. The lowest BCUT2D eigenvalue weighted by Gasteiger charge is -2.32. The van der Waals surface area contributed by atoms with Crippen molar-refractivity contribution in [2.75, 3.05) is 11.4 Å². The monoisotopic (exact) mass is 501 g/mol. The van der Waals surface area contributed by atoms with E-state index in [2.05, 4.69) is 14.9 Å². The molecule has 0 amide bonds. The number of halogens is 2. The third-order valence-electron chi connectivity index (χ3n) is 6.57. The van der Waals surface area contributed by atoms with E-state index >= 15 is 0 Å². The number of nitrogens with one attached hydrogen (secondary N) is 1. The highest BCUT2D eigenvalue weighted by molar-refractivity contribution is 5.95. The van der Waals surface area contributed by atoms with Crippen LogP contribution in [0.3, 0.4) is 0 Å². The number of aromatic nitrogens is 4. The maximum Gasteiger partial charge on any atom is 0.387 e. The molecule has 37 heavy (non-hydrogen) atoms. The van der Waals surface area contributed by atoms with Crippen LogP contribution in [0.15, 0.2) is 54.6 Å². The third-order valence-corrected chi connectivity index (χ3v) is 6.57. The van der Waals surface area contributed by atoms with Crippen LogP contribution in [0.1, 0.15) is 28.0 Å². The van der Waals surface area contributed by atoms with Gasteiger partial charge in [0.05, 0.1) is 27.8 Å². The second-order valence-corrected chi connectivity index (χ2v) is 8.90. The second-order valence-electron chi connectivity index (χ2n) is 8.90. The van der Waals surface area contributed by atoms with Gasteiger partial charge in [0.1, 0.15) is 11.4 Å². The summed E-state index contributed by atoms with van der Waals surface area (Å²) in [5, 5.41) is 17.7. The fourth-order valence-electron chi connectivity index (χ4n) is 4.82. The van der Waals surface area contributed by atoms with Crippen LogP contribution in [0.25, 0.3) is 33.2 Å². The molecule has 3 aromatic carbocycles. The number of rotatable bonds is 5. The summed E-state index contributed by atoms with van der Waals surface area (Å²) in [7, 11) is 0.